The van der Waals surface area contributed by atoms with Gasteiger partial charge in [-0.1, -0.05) is 0 Å². The molecule has 0 bridgehead atoms. The van der Waals surface area contributed by atoms with E-state index in [1.54, 1.807) is 6.92 Å². The van der Waals surface area contributed by atoms with Crippen molar-refractivity contribution >= 4 is 0 Å². The summed E-state index contributed by atoms with van der Waals surface area (Å²) in [5.41, 5.74) is 0.476. The monoisotopic (exact) mass is 243 g/mol. The number of hydrogen-bond acceptors (Lipinski definition) is 2. The average molecular weight is 243 g/mol. The topological polar surface area (TPSA) is 21.3 Å². The van der Waals surface area contributed by atoms with Crippen LogP contribution < -0.4 is 10.1 Å². The van der Waals surface area contributed by atoms with Crippen molar-refractivity contribution in [3.8, 4) is 5.75 Å². The fourth-order valence-corrected chi connectivity index (χ4v) is 1.36. The lowest BCUT2D eigenvalue weighted by Crippen LogP contribution is -2.35. The molecule has 1 aromatic rings. The fraction of sp³-hybridized carbons (Fsp3) is 0.538. The molecule has 17 heavy (non-hydrogen) atoms. The van der Waals surface area contributed by atoms with Gasteiger partial charge < -0.3 is 10.1 Å². The minimum absolute atomic E-state index is 0.0917. The summed E-state index contributed by atoms with van der Waals surface area (Å²) in [6.45, 7) is 8.34. The summed E-state index contributed by atoms with van der Waals surface area (Å²) in [7, 11) is 0. The molecule has 0 heterocycles. The van der Waals surface area contributed by atoms with Gasteiger partial charge >= 0.3 is 0 Å². The Labute approximate surface area is 101 Å². The molecule has 0 atom stereocenters. The molecule has 0 saturated heterocycles. The lowest BCUT2D eigenvalue weighted by Gasteiger charge is -2.20. The molecule has 0 radical (unpaired) electrons. The Morgan fingerprint density at radius 1 is 1.18 bits per heavy atom. The van der Waals surface area contributed by atoms with Crippen LogP contribution in [0.2, 0.25) is 0 Å². The number of ether oxygens (including phenoxy) is 1. The molecule has 1 N–H and O–H groups in total. The predicted molar refractivity (Wildman–Crippen MR) is 64.1 cm³/mol. The third-order valence-corrected chi connectivity index (χ3v) is 2.17. The number of hydrogen-bond donors (Lipinski definition) is 1. The van der Waals surface area contributed by atoms with E-state index in [0.29, 0.717) is 12.1 Å². The minimum Gasteiger partial charge on any atom is -0.488 e. The first-order chi connectivity index (χ1) is 7.83. The molecule has 0 aliphatic rings. The molecule has 0 unspecified atom stereocenters. The summed E-state index contributed by atoms with van der Waals surface area (Å²) in [5, 5.41) is 3.17. The van der Waals surface area contributed by atoms with Gasteiger partial charge in [-0.15, -0.1) is 0 Å². The van der Waals surface area contributed by atoms with Crippen molar-refractivity contribution in [1.82, 2.24) is 5.32 Å². The van der Waals surface area contributed by atoms with Crippen LogP contribution in [0.5, 0.6) is 5.75 Å². The van der Waals surface area contributed by atoms with E-state index in [9.17, 15) is 8.78 Å². The smallest absolute Gasteiger partial charge is 0.190 e. The Hall–Kier alpha value is -1.16. The van der Waals surface area contributed by atoms with Crippen LogP contribution in [0.15, 0.2) is 12.1 Å². The molecule has 0 aromatic heterocycles. The van der Waals surface area contributed by atoms with Crippen molar-refractivity contribution in [3.05, 3.63) is 29.3 Å². The molecule has 0 aliphatic heterocycles. The van der Waals surface area contributed by atoms with Crippen LogP contribution in [-0.2, 0) is 6.54 Å². The Morgan fingerprint density at radius 2 is 1.71 bits per heavy atom. The summed E-state index contributed by atoms with van der Waals surface area (Å²) >= 11 is 0. The summed E-state index contributed by atoms with van der Waals surface area (Å²) < 4.78 is 31.9. The van der Waals surface area contributed by atoms with Gasteiger partial charge in [0.25, 0.3) is 0 Å². The van der Waals surface area contributed by atoms with Gasteiger partial charge in [0.15, 0.2) is 17.4 Å². The van der Waals surface area contributed by atoms with E-state index < -0.39 is 11.6 Å². The van der Waals surface area contributed by atoms with Crippen LogP contribution >= 0.6 is 0 Å². The highest BCUT2D eigenvalue weighted by Crippen LogP contribution is 2.23. The summed E-state index contributed by atoms with van der Waals surface area (Å²) in [4.78, 5) is 0. The third kappa shape index (κ3) is 4.30. The van der Waals surface area contributed by atoms with Crippen LogP contribution in [0.1, 0.15) is 33.3 Å². The molecule has 1 rings (SSSR count). The largest absolute Gasteiger partial charge is 0.488 e. The zero-order valence-corrected chi connectivity index (χ0v) is 10.7. The van der Waals surface area contributed by atoms with Gasteiger partial charge in [0.05, 0.1) is 6.61 Å². The lowest BCUT2D eigenvalue weighted by atomic mass is 10.1. The van der Waals surface area contributed by atoms with E-state index in [0.717, 1.165) is 0 Å². The third-order valence-electron chi connectivity index (χ3n) is 2.17. The zero-order chi connectivity index (χ0) is 13.1. The number of benzene rings is 1. The van der Waals surface area contributed by atoms with E-state index in [1.807, 2.05) is 20.8 Å². The van der Waals surface area contributed by atoms with Gasteiger partial charge in [-0.2, -0.15) is 0 Å². The van der Waals surface area contributed by atoms with Gasteiger partial charge in [0, 0.05) is 12.1 Å². The molecule has 0 amide bonds. The highest BCUT2D eigenvalue weighted by atomic mass is 19.1. The van der Waals surface area contributed by atoms with Crippen molar-refractivity contribution in [2.24, 2.45) is 0 Å². The van der Waals surface area contributed by atoms with Crippen LogP contribution in [0.25, 0.3) is 0 Å². The first-order valence-electron chi connectivity index (χ1n) is 5.69. The highest BCUT2D eigenvalue weighted by Gasteiger charge is 2.14. The van der Waals surface area contributed by atoms with Crippen molar-refractivity contribution in [2.75, 3.05) is 6.61 Å². The van der Waals surface area contributed by atoms with Crippen LogP contribution in [0.3, 0.4) is 0 Å². The molecular formula is C13H19F2NO. The molecule has 1 aromatic carbocycles. The fourth-order valence-electron chi connectivity index (χ4n) is 1.36. The quantitative estimate of drug-likeness (QED) is 0.876. The van der Waals surface area contributed by atoms with Gasteiger partial charge in [0.1, 0.15) is 0 Å². The Bertz CT molecular complexity index is 362. The molecule has 0 saturated carbocycles. The average Bonchev–Trinajstić information content (AvgIpc) is 2.19. The molecule has 96 valence electrons. The van der Waals surface area contributed by atoms with Crippen molar-refractivity contribution in [3.63, 3.8) is 0 Å². The van der Waals surface area contributed by atoms with E-state index in [4.69, 9.17) is 4.74 Å². The standard InChI is InChI=1S/C13H19F2NO/c1-5-17-12-10(14)6-9(7-11(12)15)8-16-13(2,3)4/h6-7,16H,5,8H2,1-4H3. The summed E-state index contributed by atoms with van der Waals surface area (Å²) in [6, 6.07) is 2.60. The lowest BCUT2D eigenvalue weighted by molar-refractivity contribution is 0.302. The highest BCUT2D eigenvalue weighted by molar-refractivity contribution is 5.31. The van der Waals surface area contributed by atoms with Gasteiger partial charge in [-0.05, 0) is 45.4 Å². The predicted octanol–water partition coefficient (Wildman–Crippen LogP) is 3.25. The number of halogens is 2. The number of nitrogens with one attached hydrogen (secondary N) is 1. The molecule has 0 spiro atoms. The second-order valence-electron chi connectivity index (χ2n) is 4.93. The van der Waals surface area contributed by atoms with Crippen LogP contribution in [0.4, 0.5) is 8.78 Å². The summed E-state index contributed by atoms with van der Waals surface area (Å²) in [6.07, 6.45) is 0. The van der Waals surface area contributed by atoms with Crippen LogP contribution in [-0.4, -0.2) is 12.1 Å². The number of rotatable bonds is 4. The molecule has 2 nitrogen and oxygen atoms in total. The maximum absolute atomic E-state index is 13.5. The van der Waals surface area contributed by atoms with Gasteiger partial charge in [-0.3, -0.25) is 0 Å². The zero-order valence-electron chi connectivity index (χ0n) is 10.7. The Morgan fingerprint density at radius 3 is 2.12 bits per heavy atom. The SMILES string of the molecule is CCOc1c(F)cc(CNC(C)(C)C)cc1F. The molecule has 0 fully saturated rings. The van der Waals surface area contributed by atoms with E-state index in [1.165, 1.54) is 12.1 Å². The normalized spacial score (nSPS) is 11.6. The molecule has 4 heteroatoms. The first-order valence-corrected chi connectivity index (χ1v) is 5.69. The van der Waals surface area contributed by atoms with Crippen molar-refractivity contribution in [2.45, 2.75) is 39.8 Å². The molecule has 0 aliphatic carbocycles. The van der Waals surface area contributed by atoms with E-state index in [-0.39, 0.29) is 17.9 Å². The maximum atomic E-state index is 13.5. The minimum atomic E-state index is -0.655. The molecular weight excluding hydrogens is 224 g/mol. The first kappa shape index (κ1) is 13.9. The maximum Gasteiger partial charge on any atom is 0.190 e. The van der Waals surface area contributed by atoms with E-state index >= 15 is 0 Å². The van der Waals surface area contributed by atoms with Crippen molar-refractivity contribution in [1.29, 1.82) is 0 Å². The Balaban J connectivity index is 2.83. The van der Waals surface area contributed by atoms with Crippen molar-refractivity contribution < 1.29 is 13.5 Å². The van der Waals surface area contributed by atoms with Crippen LogP contribution in [0, 0.1) is 11.6 Å². The van der Waals surface area contributed by atoms with E-state index in [2.05, 4.69) is 5.32 Å². The summed E-state index contributed by atoms with van der Waals surface area (Å²) in [5.74, 6) is -1.61. The van der Waals surface area contributed by atoms with Gasteiger partial charge in [-0.25, -0.2) is 8.78 Å². The van der Waals surface area contributed by atoms with Gasteiger partial charge in [0.2, 0.25) is 0 Å². The second kappa shape index (κ2) is 5.45. The Kier molecular flexibility index (Phi) is 4.46. The second-order valence-corrected chi connectivity index (χ2v) is 4.93.